The van der Waals surface area contributed by atoms with Gasteiger partial charge in [-0.1, -0.05) is 69.2 Å². The Kier molecular flexibility index (Phi) is 10.8. The number of carbonyl (C=O) groups excluding carboxylic acids is 2. The highest BCUT2D eigenvalue weighted by Gasteiger charge is 2.26. The third kappa shape index (κ3) is 8.11. The van der Waals surface area contributed by atoms with Crippen molar-refractivity contribution in [2.75, 3.05) is 13.1 Å². The number of unbranched alkanes of at least 4 members (excludes halogenated alkanes) is 2. The van der Waals surface area contributed by atoms with E-state index in [4.69, 9.17) is 4.42 Å². The highest BCUT2D eigenvalue weighted by atomic mass is 16.3. The first-order valence-corrected chi connectivity index (χ1v) is 13.3. The minimum absolute atomic E-state index is 0.0432. The molecule has 3 aromatic rings. The summed E-state index contributed by atoms with van der Waals surface area (Å²) in [7, 11) is 0. The van der Waals surface area contributed by atoms with Crippen molar-refractivity contribution in [2.24, 2.45) is 0 Å². The van der Waals surface area contributed by atoms with Gasteiger partial charge in [0.05, 0.1) is 12.8 Å². The number of hydrogen-bond acceptors (Lipinski definition) is 3. The van der Waals surface area contributed by atoms with E-state index in [-0.39, 0.29) is 24.4 Å². The van der Waals surface area contributed by atoms with E-state index in [1.54, 1.807) is 16.1 Å². The molecule has 5 nitrogen and oxygen atoms in total. The van der Waals surface area contributed by atoms with Crippen LogP contribution in [0.25, 0.3) is 0 Å². The SMILES string of the molecule is CCCCCc1ccc(C(=O)N(CC(=O)N(CCc2ccccc2)Cc2ccco2)C(C)CC)cc1. The van der Waals surface area contributed by atoms with E-state index < -0.39 is 0 Å². The minimum Gasteiger partial charge on any atom is -0.467 e. The zero-order chi connectivity index (χ0) is 25.8. The third-order valence-electron chi connectivity index (χ3n) is 6.75. The summed E-state index contributed by atoms with van der Waals surface area (Å²) in [5.41, 5.74) is 3.05. The average molecular weight is 489 g/mol. The van der Waals surface area contributed by atoms with Crippen LogP contribution in [0, 0.1) is 0 Å². The van der Waals surface area contributed by atoms with Crippen LogP contribution in [0.15, 0.2) is 77.4 Å². The van der Waals surface area contributed by atoms with Gasteiger partial charge >= 0.3 is 0 Å². The maximum atomic E-state index is 13.5. The van der Waals surface area contributed by atoms with Gasteiger partial charge in [-0.2, -0.15) is 0 Å². The molecule has 0 aliphatic carbocycles. The van der Waals surface area contributed by atoms with Crippen molar-refractivity contribution in [3.8, 4) is 0 Å². The summed E-state index contributed by atoms with van der Waals surface area (Å²) < 4.78 is 5.53. The van der Waals surface area contributed by atoms with Gasteiger partial charge < -0.3 is 14.2 Å². The predicted molar refractivity (Wildman–Crippen MR) is 145 cm³/mol. The lowest BCUT2D eigenvalue weighted by Crippen LogP contribution is -2.46. The van der Waals surface area contributed by atoms with Gasteiger partial charge in [-0.15, -0.1) is 0 Å². The van der Waals surface area contributed by atoms with Crippen LogP contribution in [0.2, 0.25) is 0 Å². The average Bonchev–Trinajstić information content (AvgIpc) is 3.43. The van der Waals surface area contributed by atoms with Gasteiger partial charge in [-0.05, 0) is 68.0 Å². The highest BCUT2D eigenvalue weighted by molar-refractivity contribution is 5.96. The quantitative estimate of drug-likeness (QED) is 0.243. The minimum atomic E-state index is -0.0983. The Morgan fingerprint density at radius 2 is 1.58 bits per heavy atom. The molecule has 1 unspecified atom stereocenters. The number of hydrogen-bond donors (Lipinski definition) is 0. The Bertz CT molecular complexity index is 1050. The van der Waals surface area contributed by atoms with Crippen LogP contribution < -0.4 is 0 Å². The Balaban J connectivity index is 1.72. The van der Waals surface area contributed by atoms with Crippen LogP contribution in [0.3, 0.4) is 0 Å². The lowest BCUT2D eigenvalue weighted by Gasteiger charge is -2.31. The first-order chi connectivity index (χ1) is 17.5. The molecule has 1 aromatic heterocycles. The fraction of sp³-hybridized carbons (Fsp3) is 0.419. The number of amides is 2. The van der Waals surface area contributed by atoms with Crippen molar-refractivity contribution in [3.05, 3.63) is 95.4 Å². The van der Waals surface area contributed by atoms with E-state index in [1.165, 1.54) is 24.0 Å². The molecule has 0 saturated heterocycles. The maximum Gasteiger partial charge on any atom is 0.254 e. The summed E-state index contributed by atoms with van der Waals surface area (Å²) in [6, 6.07) is 21.7. The second-order valence-corrected chi connectivity index (χ2v) is 9.47. The first-order valence-electron chi connectivity index (χ1n) is 13.3. The number of rotatable bonds is 14. The lowest BCUT2D eigenvalue weighted by molar-refractivity contribution is -0.133. The standard InChI is InChI=1S/C31H40N2O3/c1-4-6-8-12-27-16-18-28(19-17-27)31(35)33(25(3)5-2)24-30(34)32(23-29-15-11-22-36-29)21-20-26-13-9-7-10-14-26/h7,9-11,13-19,22,25H,4-6,8,12,20-21,23-24H2,1-3H3. The summed E-state index contributed by atoms with van der Waals surface area (Å²) in [6.07, 6.45) is 7.72. The largest absolute Gasteiger partial charge is 0.467 e. The fourth-order valence-corrected chi connectivity index (χ4v) is 4.24. The Hall–Kier alpha value is -3.34. The molecule has 2 aromatic carbocycles. The molecule has 0 aliphatic rings. The van der Waals surface area contributed by atoms with E-state index >= 15 is 0 Å². The first kappa shape index (κ1) is 27.3. The molecule has 0 N–H and O–H groups in total. The van der Waals surface area contributed by atoms with Crippen molar-refractivity contribution in [1.82, 2.24) is 9.80 Å². The van der Waals surface area contributed by atoms with Crippen molar-refractivity contribution in [2.45, 2.75) is 71.9 Å². The highest BCUT2D eigenvalue weighted by Crippen LogP contribution is 2.16. The summed E-state index contributed by atoms with van der Waals surface area (Å²) in [6.45, 7) is 7.23. The van der Waals surface area contributed by atoms with Crippen molar-refractivity contribution >= 4 is 11.8 Å². The van der Waals surface area contributed by atoms with Gasteiger partial charge in [0, 0.05) is 18.2 Å². The molecule has 0 spiro atoms. The zero-order valence-electron chi connectivity index (χ0n) is 22.0. The van der Waals surface area contributed by atoms with Gasteiger partial charge in [0.25, 0.3) is 5.91 Å². The molecule has 1 heterocycles. The van der Waals surface area contributed by atoms with Crippen LogP contribution in [-0.4, -0.2) is 40.7 Å². The molecule has 36 heavy (non-hydrogen) atoms. The van der Waals surface area contributed by atoms with Crippen LogP contribution in [-0.2, 0) is 24.2 Å². The normalized spacial score (nSPS) is 11.8. The molecular weight excluding hydrogens is 448 g/mol. The van der Waals surface area contributed by atoms with Crippen LogP contribution in [0.1, 0.15) is 73.7 Å². The molecule has 0 saturated carbocycles. The fourth-order valence-electron chi connectivity index (χ4n) is 4.24. The molecule has 5 heteroatoms. The monoisotopic (exact) mass is 488 g/mol. The molecule has 192 valence electrons. The van der Waals surface area contributed by atoms with E-state index in [2.05, 4.69) is 19.1 Å². The van der Waals surface area contributed by atoms with Gasteiger partial charge in [0.2, 0.25) is 5.91 Å². The van der Waals surface area contributed by atoms with Gasteiger partial charge in [-0.3, -0.25) is 9.59 Å². The number of furan rings is 1. The van der Waals surface area contributed by atoms with Crippen LogP contribution in [0.4, 0.5) is 0 Å². The molecule has 0 aliphatic heterocycles. The van der Waals surface area contributed by atoms with Gasteiger partial charge in [0.1, 0.15) is 12.3 Å². The summed E-state index contributed by atoms with van der Waals surface area (Å²) >= 11 is 0. The smallest absolute Gasteiger partial charge is 0.254 e. The number of nitrogens with zero attached hydrogens (tertiary/aromatic N) is 2. The summed E-state index contributed by atoms with van der Waals surface area (Å²) in [4.78, 5) is 30.6. The summed E-state index contributed by atoms with van der Waals surface area (Å²) in [5.74, 6) is 0.558. The molecule has 2 amide bonds. The van der Waals surface area contributed by atoms with Crippen molar-refractivity contribution < 1.29 is 14.0 Å². The zero-order valence-corrected chi connectivity index (χ0v) is 22.0. The molecule has 0 radical (unpaired) electrons. The van der Waals surface area contributed by atoms with E-state index in [0.29, 0.717) is 18.7 Å². The van der Waals surface area contributed by atoms with E-state index in [9.17, 15) is 9.59 Å². The second kappa shape index (κ2) is 14.3. The molecule has 0 fully saturated rings. The lowest BCUT2D eigenvalue weighted by atomic mass is 10.0. The van der Waals surface area contributed by atoms with Crippen LogP contribution in [0.5, 0.6) is 0 Å². The predicted octanol–water partition coefficient (Wildman–Crippen LogP) is 6.52. The van der Waals surface area contributed by atoms with E-state index in [1.807, 2.05) is 68.4 Å². The van der Waals surface area contributed by atoms with Crippen molar-refractivity contribution in [3.63, 3.8) is 0 Å². The molecule has 1 atom stereocenters. The Labute approximate surface area is 216 Å². The third-order valence-corrected chi connectivity index (χ3v) is 6.75. The summed E-state index contributed by atoms with van der Waals surface area (Å²) in [5, 5.41) is 0. The molecular formula is C31H40N2O3. The van der Waals surface area contributed by atoms with Gasteiger partial charge in [-0.25, -0.2) is 0 Å². The van der Waals surface area contributed by atoms with Crippen LogP contribution >= 0.6 is 0 Å². The van der Waals surface area contributed by atoms with Gasteiger partial charge in [0.15, 0.2) is 0 Å². The topological polar surface area (TPSA) is 53.8 Å². The number of carbonyl (C=O) groups is 2. The Morgan fingerprint density at radius 3 is 2.22 bits per heavy atom. The van der Waals surface area contributed by atoms with E-state index in [0.717, 1.165) is 31.4 Å². The van der Waals surface area contributed by atoms with Crippen molar-refractivity contribution in [1.29, 1.82) is 0 Å². The number of aryl methyl sites for hydroxylation is 1. The Morgan fingerprint density at radius 1 is 0.861 bits per heavy atom. The number of benzene rings is 2. The maximum absolute atomic E-state index is 13.5. The second-order valence-electron chi connectivity index (χ2n) is 9.47. The molecule has 0 bridgehead atoms. The molecule has 3 rings (SSSR count).